The molecule has 1 fully saturated rings. The largest absolute Gasteiger partial charge is 0.480 e. The molecule has 0 aromatic rings. The van der Waals surface area contributed by atoms with Gasteiger partial charge >= 0.3 is 5.97 Å². The van der Waals surface area contributed by atoms with Crippen molar-refractivity contribution >= 4 is 11.9 Å². The first-order valence-electron chi connectivity index (χ1n) is 5.54. The molecule has 0 radical (unpaired) electrons. The molecule has 1 unspecified atom stereocenters. The third-order valence-corrected chi connectivity index (χ3v) is 3.02. The number of nitrogens with zero attached hydrogens (tertiary/aromatic N) is 1. The molecular formula is C11H20N2O3. The summed E-state index contributed by atoms with van der Waals surface area (Å²) in [5.74, 6) is -1.19. The van der Waals surface area contributed by atoms with Crippen LogP contribution in [0.2, 0.25) is 0 Å². The number of rotatable bonds is 2. The van der Waals surface area contributed by atoms with Gasteiger partial charge in [-0.15, -0.1) is 0 Å². The first-order valence-corrected chi connectivity index (χ1v) is 5.54. The third-order valence-electron chi connectivity index (χ3n) is 3.02. The molecule has 0 bridgehead atoms. The molecule has 1 aliphatic rings. The summed E-state index contributed by atoms with van der Waals surface area (Å²) in [4.78, 5) is 24.4. The predicted molar refractivity (Wildman–Crippen MR) is 59.8 cm³/mol. The molecule has 0 aliphatic carbocycles. The van der Waals surface area contributed by atoms with Gasteiger partial charge in [-0.2, -0.15) is 0 Å². The maximum absolute atomic E-state index is 12.0. The van der Waals surface area contributed by atoms with Crippen molar-refractivity contribution < 1.29 is 14.7 Å². The molecule has 0 aromatic heterocycles. The van der Waals surface area contributed by atoms with Gasteiger partial charge in [0.1, 0.15) is 6.04 Å². The van der Waals surface area contributed by atoms with E-state index in [9.17, 15) is 9.59 Å². The zero-order valence-corrected chi connectivity index (χ0v) is 10.1. The highest BCUT2D eigenvalue weighted by Gasteiger charge is 2.39. The molecule has 0 spiro atoms. The molecule has 1 rings (SSSR count). The summed E-state index contributed by atoms with van der Waals surface area (Å²) in [6.07, 6.45) is 1.26. The summed E-state index contributed by atoms with van der Waals surface area (Å²) >= 11 is 0. The van der Waals surface area contributed by atoms with Gasteiger partial charge in [0.15, 0.2) is 0 Å². The fourth-order valence-electron chi connectivity index (χ4n) is 1.84. The van der Waals surface area contributed by atoms with Crippen molar-refractivity contribution in [3.05, 3.63) is 0 Å². The number of hydrogen-bond acceptors (Lipinski definition) is 3. The van der Waals surface area contributed by atoms with Crippen LogP contribution in [-0.2, 0) is 9.59 Å². The van der Waals surface area contributed by atoms with Gasteiger partial charge in [0, 0.05) is 6.54 Å². The Morgan fingerprint density at radius 1 is 1.44 bits per heavy atom. The van der Waals surface area contributed by atoms with Crippen molar-refractivity contribution in [3.63, 3.8) is 0 Å². The van der Waals surface area contributed by atoms with Crippen LogP contribution in [0.4, 0.5) is 0 Å². The van der Waals surface area contributed by atoms with Crippen LogP contribution in [0.15, 0.2) is 0 Å². The Kier molecular flexibility index (Phi) is 3.57. The zero-order chi connectivity index (χ0) is 12.5. The Morgan fingerprint density at radius 3 is 2.44 bits per heavy atom. The Hall–Kier alpha value is -1.10. The molecule has 0 aromatic carbocycles. The van der Waals surface area contributed by atoms with Crippen LogP contribution in [0.1, 0.15) is 33.6 Å². The van der Waals surface area contributed by atoms with Crippen LogP contribution >= 0.6 is 0 Å². The summed E-state index contributed by atoms with van der Waals surface area (Å²) in [6, 6.07) is -1.34. The Morgan fingerprint density at radius 2 is 2.00 bits per heavy atom. The second kappa shape index (κ2) is 4.41. The minimum absolute atomic E-state index is 0.252. The van der Waals surface area contributed by atoms with Crippen LogP contribution < -0.4 is 5.73 Å². The molecule has 1 saturated heterocycles. The van der Waals surface area contributed by atoms with Gasteiger partial charge in [0.05, 0.1) is 6.04 Å². The topological polar surface area (TPSA) is 83.6 Å². The summed E-state index contributed by atoms with van der Waals surface area (Å²) < 4.78 is 0. The minimum atomic E-state index is -0.938. The molecule has 1 amide bonds. The quantitative estimate of drug-likeness (QED) is 0.718. The van der Waals surface area contributed by atoms with E-state index in [0.717, 1.165) is 6.42 Å². The van der Waals surface area contributed by atoms with Crippen LogP contribution in [0.25, 0.3) is 0 Å². The van der Waals surface area contributed by atoms with Crippen molar-refractivity contribution in [2.45, 2.75) is 45.7 Å². The number of hydrogen-bond donors (Lipinski definition) is 2. The molecule has 5 heteroatoms. The van der Waals surface area contributed by atoms with E-state index in [0.29, 0.717) is 13.0 Å². The molecular weight excluding hydrogens is 208 g/mol. The number of amides is 1. The van der Waals surface area contributed by atoms with Crippen molar-refractivity contribution in [1.29, 1.82) is 0 Å². The smallest absolute Gasteiger partial charge is 0.326 e. The number of nitrogens with two attached hydrogens (primary N) is 1. The monoisotopic (exact) mass is 228 g/mol. The van der Waals surface area contributed by atoms with Gasteiger partial charge in [-0.25, -0.2) is 4.79 Å². The normalized spacial score (nSPS) is 23.2. The first kappa shape index (κ1) is 13.0. The molecule has 16 heavy (non-hydrogen) atoms. The lowest BCUT2D eigenvalue weighted by Gasteiger charge is -2.31. The van der Waals surface area contributed by atoms with E-state index in [-0.39, 0.29) is 11.3 Å². The Bertz CT molecular complexity index is 296. The highest BCUT2D eigenvalue weighted by Crippen LogP contribution is 2.24. The van der Waals surface area contributed by atoms with Crippen LogP contribution in [0.5, 0.6) is 0 Å². The molecule has 3 N–H and O–H groups in total. The van der Waals surface area contributed by atoms with Crippen LogP contribution in [0.3, 0.4) is 0 Å². The second-order valence-electron chi connectivity index (χ2n) is 5.37. The average Bonchev–Trinajstić information content (AvgIpc) is 2.62. The summed E-state index contributed by atoms with van der Waals surface area (Å²) in [6.45, 7) is 6.13. The van der Waals surface area contributed by atoms with E-state index in [2.05, 4.69) is 0 Å². The zero-order valence-electron chi connectivity index (χ0n) is 10.1. The number of carbonyl (C=O) groups is 2. The van der Waals surface area contributed by atoms with E-state index < -0.39 is 18.1 Å². The van der Waals surface area contributed by atoms with Crippen molar-refractivity contribution in [1.82, 2.24) is 4.90 Å². The van der Waals surface area contributed by atoms with E-state index in [1.807, 2.05) is 20.8 Å². The average molecular weight is 228 g/mol. The predicted octanol–water partition coefficient (Wildman–Crippen LogP) is 0.435. The van der Waals surface area contributed by atoms with Gasteiger partial charge < -0.3 is 15.7 Å². The van der Waals surface area contributed by atoms with Gasteiger partial charge in [-0.1, -0.05) is 20.8 Å². The van der Waals surface area contributed by atoms with Gasteiger partial charge in [-0.3, -0.25) is 4.79 Å². The first-order chi connectivity index (χ1) is 7.25. The number of carbonyl (C=O) groups excluding carboxylic acids is 1. The lowest BCUT2D eigenvalue weighted by Crippen LogP contribution is -2.53. The van der Waals surface area contributed by atoms with E-state index in [1.54, 1.807) is 0 Å². The highest BCUT2D eigenvalue weighted by molar-refractivity contribution is 5.87. The Balaban J connectivity index is 2.77. The van der Waals surface area contributed by atoms with E-state index in [1.165, 1.54) is 4.90 Å². The molecule has 0 saturated carbocycles. The third kappa shape index (κ3) is 2.52. The van der Waals surface area contributed by atoms with Crippen LogP contribution in [0, 0.1) is 5.41 Å². The number of aliphatic carboxylic acids is 1. The molecule has 2 atom stereocenters. The standard InChI is InChI=1S/C11H20N2O3/c1-11(2,3)8(12)9(14)13-6-4-5-7(13)10(15)16/h7-8H,4-6,12H2,1-3H3,(H,15,16)/t7?,8-/m1/s1. The summed E-state index contributed by atoms with van der Waals surface area (Å²) in [5, 5.41) is 8.98. The summed E-state index contributed by atoms with van der Waals surface area (Å²) in [7, 11) is 0. The van der Waals surface area contributed by atoms with Crippen LogP contribution in [-0.4, -0.2) is 40.5 Å². The SMILES string of the molecule is CC(C)(C)[C@H](N)C(=O)N1CCCC1C(=O)O. The summed E-state index contributed by atoms with van der Waals surface area (Å²) in [5.41, 5.74) is 5.51. The maximum Gasteiger partial charge on any atom is 0.326 e. The fourth-order valence-corrected chi connectivity index (χ4v) is 1.84. The number of likely N-dealkylation sites (tertiary alicyclic amines) is 1. The fraction of sp³-hybridized carbons (Fsp3) is 0.818. The Labute approximate surface area is 95.6 Å². The lowest BCUT2D eigenvalue weighted by atomic mass is 9.86. The van der Waals surface area contributed by atoms with Crippen molar-refractivity contribution in [3.8, 4) is 0 Å². The molecule has 92 valence electrons. The minimum Gasteiger partial charge on any atom is -0.480 e. The van der Waals surface area contributed by atoms with E-state index in [4.69, 9.17) is 10.8 Å². The van der Waals surface area contributed by atoms with Crippen molar-refractivity contribution in [2.24, 2.45) is 11.1 Å². The molecule has 1 heterocycles. The van der Waals surface area contributed by atoms with Crippen molar-refractivity contribution in [2.75, 3.05) is 6.54 Å². The van der Waals surface area contributed by atoms with Gasteiger partial charge in [0.25, 0.3) is 0 Å². The second-order valence-corrected chi connectivity index (χ2v) is 5.37. The maximum atomic E-state index is 12.0. The van der Waals surface area contributed by atoms with E-state index >= 15 is 0 Å². The molecule has 1 aliphatic heterocycles. The van der Waals surface area contributed by atoms with Gasteiger partial charge in [-0.05, 0) is 18.3 Å². The number of carboxylic acids is 1. The number of carboxylic acid groups (broad SMARTS) is 1. The highest BCUT2D eigenvalue weighted by atomic mass is 16.4. The molecule has 5 nitrogen and oxygen atoms in total. The van der Waals surface area contributed by atoms with Gasteiger partial charge in [0.2, 0.25) is 5.91 Å². The lowest BCUT2D eigenvalue weighted by molar-refractivity contribution is -0.149.